The first-order chi connectivity index (χ1) is 9.77. The molecule has 20 heavy (non-hydrogen) atoms. The average molecular weight is 276 g/mol. The number of allylic oxidation sites excluding steroid dienone is 8. The van der Waals surface area contributed by atoms with E-state index in [-0.39, 0.29) is 0 Å². The number of carboxylic acids is 1. The van der Waals surface area contributed by atoms with Gasteiger partial charge in [0, 0.05) is 6.42 Å². The van der Waals surface area contributed by atoms with Crippen LogP contribution in [-0.4, -0.2) is 11.1 Å². The van der Waals surface area contributed by atoms with Gasteiger partial charge in [0.1, 0.15) is 0 Å². The van der Waals surface area contributed by atoms with Gasteiger partial charge in [-0.1, -0.05) is 74.8 Å². The van der Waals surface area contributed by atoms with E-state index in [9.17, 15) is 4.79 Å². The Morgan fingerprint density at radius 3 is 1.95 bits per heavy atom. The van der Waals surface area contributed by atoms with Crippen LogP contribution in [-0.2, 0) is 4.79 Å². The van der Waals surface area contributed by atoms with Crippen molar-refractivity contribution in [3.05, 3.63) is 48.6 Å². The predicted octanol–water partition coefficient (Wildman–Crippen LogP) is 5.44. The van der Waals surface area contributed by atoms with Crippen molar-refractivity contribution in [2.45, 2.75) is 58.3 Å². The molecule has 0 amide bonds. The zero-order valence-electron chi connectivity index (χ0n) is 12.6. The molecule has 0 heterocycles. The molecular formula is C18H28O2. The molecule has 0 aromatic heterocycles. The zero-order valence-corrected chi connectivity index (χ0v) is 12.6. The summed E-state index contributed by atoms with van der Waals surface area (Å²) in [7, 11) is 0. The van der Waals surface area contributed by atoms with Crippen LogP contribution >= 0.6 is 0 Å². The molecule has 0 aromatic rings. The van der Waals surface area contributed by atoms with Crippen LogP contribution in [0.3, 0.4) is 0 Å². The molecule has 112 valence electrons. The van der Waals surface area contributed by atoms with Gasteiger partial charge < -0.3 is 5.11 Å². The molecule has 0 aliphatic rings. The standard InChI is InChI=1S/C18H28O2/c1-2-3-4-5-6-7-8-9-10-11-12-13-14-15-16-17-18(19)20/h4-11H,2-3,12-17H2,1H3,(H,19,20)/b5-4+,7-6?,9-8?,11-10?. The van der Waals surface area contributed by atoms with Gasteiger partial charge in [0.15, 0.2) is 0 Å². The highest BCUT2D eigenvalue weighted by Crippen LogP contribution is 2.05. The second-order valence-electron chi connectivity index (χ2n) is 4.76. The summed E-state index contributed by atoms with van der Waals surface area (Å²) in [5.41, 5.74) is 0. The first kappa shape index (κ1) is 18.4. The molecule has 0 radical (unpaired) electrons. The highest BCUT2D eigenvalue weighted by molar-refractivity contribution is 5.66. The fraction of sp³-hybridized carbons (Fsp3) is 0.500. The summed E-state index contributed by atoms with van der Waals surface area (Å²) in [4.78, 5) is 10.3. The van der Waals surface area contributed by atoms with Gasteiger partial charge in [0.05, 0.1) is 0 Å². The SMILES string of the molecule is CCC/C=C/C=CC=CC=CCCCCCCC(=O)O. The van der Waals surface area contributed by atoms with E-state index < -0.39 is 5.97 Å². The van der Waals surface area contributed by atoms with Crippen molar-refractivity contribution in [3.8, 4) is 0 Å². The van der Waals surface area contributed by atoms with E-state index in [0.717, 1.165) is 38.5 Å². The highest BCUT2D eigenvalue weighted by atomic mass is 16.4. The molecule has 0 spiro atoms. The third-order valence-electron chi connectivity index (χ3n) is 2.79. The van der Waals surface area contributed by atoms with Crippen LogP contribution < -0.4 is 0 Å². The number of hydrogen-bond acceptors (Lipinski definition) is 1. The van der Waals surface area contributed by atoms with Gasteiger partial charge in [-0.2, -0.15) is 0 Å². The van der Waals surface area contributed by atoms with Gasteiger partial charge in [-0.25, -0.2) is 0 Å². The molecule has 0 saturated carbocycles. The minimum absolute atomic E-state index is 0.303. The van der Waals surface area contributed by atoms with Crippen LogP contribution in [0.5, 0.6) is 0 Å². The van der Waals surface area contributed by atoms with Gasteiger partial charge >= 0.3 is 5.97 Å². The molecule has 0 saturated heterocycles. The van der Waals surface area contributed by atoms with Crippen molar-refractivity contribution in [1.82, 2.24) is 0 Å². The fourth-order valence-electron chi connectivity index (χ4n) is 1.66. The molecule has 0 aliphatic heterocycles. The lowest BCUT2D eigenvalue weighted by molar-refractivity contribution is -0.137. The maximum Gasteiger partial charge on any atom is 0.303 e. The second-order valence-corrected chi connectivity index (χ2v) is 4.76. The third kappa shape index (κ3) is 16.4. The lowest BCUT2D eigenvalue weighted by Crippen LogP contribution is -1.93. The number of unbranched alkanes of at least 4 members (excludes halogenated alkanes) is 5. The highest BCUT2D eigenvalue weighted by Gasteiger charge is 1.95. The largest absolute Gasteiger partial charge is 0.481 e. The Morgan fingerprint density at radius 2 is 1.35 bits per heavy atom. The van der Waals surface area contributed by atoms with E-state index in [1.54, 1.807) is 0 Å². The predicted molar refractivity (Wildman–Crippen MR) is 86.8 cm³/mol. The van der Waals surface area contributed by atoms with E-state index in [4.69, 9.17) is 5.11 Å². The smallest absolute Gasteiger partial charge is 0.303 e. The molecule has 2 heteroatoms. The molecule has 0 unspecified atom stereocenters. The van der Waals surface area contributed by atoms with Crippen molar-refractivity contribution in [3.63, 3.8) is 0 Å². The number of rotatable bonds is 12. The van der Waals surface area contributed by atoms with E-state index in [1.807, 2.05) is 24.3 Å². The summed E-state index contributed by atoms with van der Waals surface area (Å²) in [5, 5.41) is 8.49. The maximum absolute atomic E-state index is 10.3. The van der Waals surface area contributed by atoms with Crippen molar-refractivity contribution >= 4 is 5.97 Å². The van der Waals surface area contributed by atoms with Gasteiger partial charge in [-0.3, -0.25) is 4.79 Å². The minimum atomic E-state index is -0.687. The van der Waals surface area contributed by atoms with Gasteiger partial charge in [0.25, 0.3) is 0 Å². The zero-order chi connectivity index (χ0) is 14.9. The molecule has 0 rings (SSSR count). The van der Waals surface area contributed by atoms with Crippen molar-refractivity contribution in [1.29, 1.82) is 0 Å². The third-order valence-corrected chi connectivity index (χ3v) is 2.79. The monoisotopic (exact) mass is 276 g/mol. The van der Waals surface area contributed by atoms with E-state index >= 15 is 0 Å². The Kier molecular flexibility index (Phi) is 14.3. The summed E-state index contributed by atoms with van der Waals surface area (Å²) in [6, 6.07) is 0. The van der Waals surface area contributed by atoms with E-state index in [0.29, 0.717) is 6.42 Å². The van der Waals surface area contributed by atoms with Crippen LogP contribution in [0.1, 0.15) is 58.3 Å². The number of hydrogen-bond donors (Lipinski definition) is 1. The van der Waals surface area contributed by atoms with E-state index in [1.165, 1.54) is 6.42 Å². The molecule has 0 fully saturated rings. The van der Waals surface area contributed by atoms with E-state index in [2.05, 4.69) is 31.2 Å². The van der Waals surface area contributed by atoms with Crippen molar-refractivity contribution in [2.75, 3.05) is 0 Å². The van der Waals surface area contributed by atoms with Crippen molar-refractivity contribution in [2.24, 2.45) is 0 Å². The average Bonchev–Trinajstić information content (AvgIpc) is 2.43. The quantitative estimate of drug-likeness (QED) is 0.381. The first-order valence-electron chi connectivity index (χ1n) is 7.64. The van der Waals surface area contributed by atoms with Crippen LogP contribution in [0.25, 0.3) is 0 Å². The molecule has 0 atom stereocenters. The molecule has 2 nitrogen and oxygen atoms in total. The summed E-state index contributed by atoms with van der Waals surface area (Å²) in [6.45, 7) is 2.17. The summed E-state index contributed by atoms with van der Waals surface area (Å²) >= 11 is 0. The number of aliphatic carboxylic acids is 1. The minimum Gasteiger partial charge on any atom is -0.481 e. The van der Waals surface area contributed by atoms with Crippen LogP contribution in [0.2, 0.25) is 0 Å². The Balaban J connectivity index is 3.41. The lowest BCUT2D eigenvalue weighted by atomic mass is 10.1. The molecule has 0 aliphatic carbocycles. The Bertz CT molecular complexity index is 335. The maximum atomic E-state index is 10.3. The Morgan fingerprint density at radius 1 is 0.800 bits per heavy atom. The Hall–Kier alpha value is -1.57. The lowest BCUT2D eigenvalue weighted by Gasteiger charge is -1.96. The van der Waals surface area contributed by atoms with Gasteiger partial charge in [-0.05, 0) is 25.7 Å². The summed E-state index contributed by atoms with van der Waals surface area (Å²) < 4.78 is 0. The van der Waals surface area contributed by atoms with Crippen LogP contribution in [0.15, 0.2) is 48.6 Å². The molecule has 0 bridgehead atoms. The normalized spacial score (nSPS) is 12.4. The topological polar surface area (TPSA) is 37.3 Å². The second kappa shape index (κ2) is 15.5. The first-order valence-corrected chi connectivity index (χ1v) is 7.64. The molecular weight excluding hydrogens is 248 g/mol. The Labute approximate surface area is 123 Å². The number of carbonyl (C=O) groups is 1. The number of carboxylic acid groups (broad SMARTS) is 1. The fourth-order valence-corrected chi connectivity index (χ4v) is 1.66. The van der Waals surface area contributed by atoms with Gasteiger partial charge in [0.2, 0.25) is 0 Å². The summed E-state index contributed by atoms with van der Waals surface area (Å²) in [6.07, 6.45) is 24.4. The molecule has 0 aromatic carbocycles. The van der Waals surface area contributed by atoms with Crippen LogP contribution in [0.4, 0.5) is 0 Å². The molecule has 1 N–H and O–H groups in total. The van der Waals surface area contributed by atoms with Crippen LogP contribution in [0, 0.1) is 0 Å². The van der Waals surface area contributed by atoms with Crippen molar-refractivity contribution < 1.29 is 9.90 Å². The summed E-state index contributed by atoms with van der Waals surface area (Å²) in [5.74, 6) is -0.687. The van der Waals surface area contributed by atoms with Gasteiger partial charge in [-0.15, -0.1) is 0 Å².